The lowest BCUT2D eigenvalue weighted by Crippen LogP contribution is -1.97. The Morgan fingerprint density at radius 2 is 1.81 bits per heavy atom. The molecule has 2 N–H and O–H groups in total. The topological polar surface area (TPSA) is 71.5 Å². The van der Waals surface area contributed by atoms with Gasteiger partial charge < -0.3 is 15.2 Å². The summed E-state index contributed by atoms with van der Waals surface area (Å²) in [5.74, 6) is 1.42. The number of ether oxygens (including phenoxy) is 1. The highest BCUT2D eigenvalue weighted by molar-refractivity contribution is 6.07. The van der Waals surface area contributed by atoms with Gasteiger partial charge in [0.1, 0.15) is 17.3 Å². The average molecular weight is 346 g/mol. The summed E-state index contributed by atoms with van der Waals surface area (Å²) in [6, 6.07) is 17.3. The molecule has 0 bridgehead atoms. The van der Waals surface area contributed by atoms with Crippen LogP contribution in [0.25, 0.3) is 6.08 Å². The number of hydrogen-bond acceptors (Lipinski definition) is 5. The zero-order valence-electron chi connectivity index (χ0n) is 14.2. The third-order valence-corrected chi connectivity index (χ3v) is 3.76. The van der Waals surface area contributed by atoms with Crippen molar-refractivity contribution < 1.29 is 14.6 Å². The molecule has 2 aromatic carbocycles. The van der Waals surface area contributed by atoms with E-state index in [0.29, 0.717) is 17.1 Å². The number of phenols is 1. The van der Waals surface area contributed by atoms with Crippen molar-refractivity contribution in [2.75, 3.05) is 12.4 Å². The predicted molar refractivity (Wildman–Crippen MR) is 102 cm³/mol. The zero-order valence-corrected chi connectivity index (χ0v) is 14.2. The smallest absolute Gasteiger partial charge is 0.185 e. The summed E-state index contributed by atoms with van der Waals surface area (Å²) in [5, 5.41) is 12.5. The number of carbonyl (C=O) groups is 1. The maximum absolute atomic E-state index is 12.3. The third kappa shape index (κ3) is 4.27. The summed E-state index contributed by atoms with van der Waals surface area (Å²) >= 11 is 0. The van der Waals surface area contributed by atoms with Gasteiger partial charge in [-0.25, -0.2) is 4.98 Å². The molecule has 3 rings (SSSR count). The quantitative estimate of drug-likeness (QED) is 0.392. The highest BCUT2D eigenvalue weighted by Crippen LogP contribution is 2.21. The van der Waals surface area contributed by atoms with Crippen LogP contribution in [0.15, 0.2) is 72.9 Å². The molecule has 0 saturated heterocycles. The summed E-state index contributed by atoms with van der Waals surface area (Å²) < 4.78 is 5.10. The second kappa shape index (κ2) is 7.98. The highest BCUT2D eigenvalue weighted by atomic mass is 16.5. The molecule has 1 aromatic heterocycles. The van der Waals surface area contributed by atoms with Crippen LogP contribution in [-0.4, -0.2) is 23.0 Å². The van der Waals surface area contributed by atoms with Crippen LogP contribution in [-0.2, 0) is 0 Å². The minimum absolute atomic E-state index is 0.105. The SMILES string of the molecule is COc1ccc(C(=O)/C=C/c2cccnc2Nc2ccc(O)cc2)cc1. The van der Waals surface area contributed by atoms with Crippen molar-refractivity contribution in [2.45, 2.75) is 0 Å². The molecule has 0 fully saturated rings. The molecule has 0 aliphatic carbocycles. The fourth-order valence-electron chi connectivity index (χ4n) is 2.36. The van der Waals surface area contributed by atoms with Crippen molar-refractivity contribution in [1.29, 1.82) is 0 Å². The number of ketones is 1. The number of anilines is 2. The van der Waals surface area contributed by atoms with E-state index in [0.717, 1.165) is 11.3 Å². The van der Waals surface area contributed by atoms with E-state index in [1.165, 1.54) is 6.08 Å². The zero-order chi connectivity index (χ0) is 18.4. The van der Waals surface area contributed by atoms with Crippen LogP contribution in [0.3, 0.4) is 0 Å². The molecule has 0 amide bonds. The molecule has 5 nitrogen and oxygen atoms in total. The molecular weight excluding hydrogens is 328 g/mol. The lowest BCUT2D eigenvalue weighted by molar-refractivity contribution is 0.104. The van der Waals surface area contributed by atoms with Crippen molar-refractivity contribution in [3.8, 4) is 11.5 Å². The van der Waals surface area contributed by atoms with E-state index < -0.39 is 0 Å². The molecule has 0 aliphatic rings. The van der Waals surface area contributed by atoms with E-state index >= 15 is 0 Å². The van der Waals surface area contributed by atoms with Crippen molar-refractivity contribution in [2.24, 2.45) is 0 Å². The second-order valence-electron chi connectivity index (χ2n) is 5.54. The standard InChI is InChI=1S/C21H18N2O3/c1-26-19-11-4-15(5-12-19)20(25)13-6-16-3-2-14-22-21(16)23-17-7-9-18(24)10-8-17/h2-14,24H,1H3,(H,22,23)/b13-6+. The van der Waals surface area contributed by atoms with Crippen LogP contribution >= 0.6 is 0 Å². The largest absolute Gasteiger partial charge is 0.508 e. The van der Waals surface area contributed by atoms with Crippen LogP contribution in [0.4, 0.5) is 11.5 Å². The van der Waals surface area contributed by atoms with Gasteiger partial charge in [0.2, 0.25) is 0 Å². The van der Waals surface area contributed by atoms with Crippen LogP contribution < -0.4 is 10.1 Å². The number of nitrogens with one attached hydrogen (secondary N) is 1. The average Bonchev–Trinajstić information content (AvgIpc) is 2.69. The number of benzene rings is 2. The summed E-state index contributed by atoms with van der Waals surface area (Å²) in [6.07, 6.45) is 4.91. The molecule has 1 heterocycles. The Hall–Kier alpha value is -3.60. The molecule has 5 heteroatoms. The Bertz CT molecular complexity index is 917. The first-order chi connectivity index (χ1) is 12.7. The van der Waals surface area contributed by atoms with Crippen molar-refractivity contribution in [3.63, 3.8) is 0 Å². The van der Waals surface area contributed by atoms with Gasteiger partial charge in [-0.15, -0.1) is 0 Å². The molecule has 130 valence electrons. The molecule has 3 aromatic rings. The summed E-state index contributed by atoms with van der Waals surface area (Å²) in [6.45, 7) is 0. The van der Waals surface area contributed by atoms with Gasteiger partial charge in [-0.05, 0) is 72.8 Å². The number of hydrogen-bond donors (Lipinski definition) is 2. The number of aromatic nitrogens is 1. The van der Waals surface area contributed by atoms with Crippen LogP contribution in [0, 0.1) is 0 Å². The van der Waals surface area contributed by atoms with Gasteiger partial charge in [0, 0.05) is 23.0 Å². The van der Waals surface area contributed by atoms with Gasteiger partial charge in [0.05, 0.1) is 7.11 Å². The Morgan fingerprint density at radius 1 is 1.08 bits per heavy atom. The number of phenolic OH excluding ortho intramolecular Hbond substituents is 1. The summed E-state index contributed by atoms with van der Waals surface area (Å²) in [5.41, 5.74) is 2.15. The third-order valence-electron chi connectivity index (χ3n) is 3.76. The van der Waals surface area contributed by atoms with E-state index in [1.807, 2.05) is 6.07 Å². The number of nitrogens with zero attached hydrogens (tertiary/aromatic N) is 1. The minimum atomic E-state index is -0.105. The number of aromatic hydroxyl groups is 1. The van der Waals surface area contributed by atoms with Crippen molar-refractivity contribution in [1.82, 2.24) is 4.98 Å². The molecule has 0 saturated carbocycles. The van der Waals surface area contributed by atoms with E-state index in [1.54, 1.807) is 74.0 Å². The number of rotatable bonds is 6. The number of allylic oxidation sites excluding steroid dienone is 1. The van der Waals surface area contributed by atoms with E-state index in [-0.39, 0.29) is 11.5 Å². The Kier molecular flexibility index (Phi) is 5.29. The summed E-state index contributed by atoms with van der Waals surface area (Å²) in [7, 11) is 1.59. The van der Waals surface area contributed by atoms with E-state index in [4.69, 9.17) is 4.74 Å². The molecule has 26 heavy (non-hydrogen) atoms. The summed E-state index contributed by atoms with van der Waals surface area (Å²) in [4.78, 5) is 16.6. The van der Waals surface area contributed by atoms with Gasteiger partial charge in [0.15, 0.2) is 5.78 Å². The van der Waals surface area contributed by atoms with Crippen molar-refractivity contribution >= 4 is 23.4 Å². The fraction of sp³-hybridized carbons (Fsp3) is 0.0476. The minimum Gasteiger partial charge on any atom is -0.508 e. The molecule has 0 atom stereocenters. The predicted octanol–water partition coefficient (Wildman–Crippen LogP) is 4.44. The molecular formula is C21H18N2O3. The van der Waals surface area contributed by atoms with Gasteiger partial charge in [0.25, 0.3) is 0 Å². The van der Waals surface area contributed by atoms with Crippen LogP contribution in [0.5, 0.6) is 11.5 Å². The molecule has 0 radical (unpaired) electrons. The molecule has 0 spiro atoms. The van der Waals surface area contributed by atoms with Crippen LogP contribution in [0.1, 0.15) is 15.9 Å². The molecule has 0 unspecified atom stereocenters. The first-order valence-electron chi connectivity index (χ1n) is 8.03. The maximum Gasteiger partial charge on any atom is 0.185 e. The number of pyridine rings is 1. The van der Waals surface area contributed by atoms with E-state index in [2.05, 4.69) is 10.3 Å². The van der Waals surface area contributed by atoms with Gasteiger partial charge in [-0.2, -0.15) is 0 Å². The highest BCUT2D eigenvalue weighted by Gasteiger charge is 2.05. The Balaban J connectivity index is 1.77. The monoisotopic (exact) mass is 346 g/mol. The second-order valence-corrected chi connectivity index (χ2v) is 5.54. The van der Waals surface area contributed by atoms with Crippen LogP contribution in [0.2, 0.25) is 0 Å². The normalized spacial score (nSPS) is 10.7. The number of methoxy groups -OCH3 is 1. The maximum atomic E-state index is 12.3. The van der Waals surface area contributed by atoms with E-state index in [9.17, 15) is 9.90 Å². The Labute approximate surface area is 151 Å². The van der Waals surface area contributed by atoms with Gasteiger partial charge >= 0.3 is 0 Å². The van der Waals surface area contributed by atoms with Gasteiger partial charge in [-0.1, -0.05) is 0 Å². The first kappa shape index (κ1) is 17.2. The van der Waals surface area contributed by atoms with Gasteiger partial charge in [-0.3, -0.25) is 4.79 Å². The van der Waals surface area contributed by atoms with Crippen molar-refractivity contribution in [3.05, 3.63) is 84.1 Å². The lowest BCUT2D eigenvalue weighted by atomic mass is 10.1. The fourth-order valence-corrected chi connectivity index (χ4v) is 2.36. The first-order valence-corrected chi connectivity index (χ1v) is 8.03. The molecule has 0 aliphatic heterocycles. The Morgan fingerprint density at radius 3 is 2.50 bits per heavy atom. The lowest BCUT2D eigenvalue weighted by Gasteiger charge is -2.08. The number of carbonyl (C=O) groups excluding carboxylic acids is 1.